The Labute approximate surface area is 145 Å². The number of amides is 2. The molecule has 4 N–H and O–H groups in total. The molecule has 1 aromatic heterocycles. The second-order valence-corrected chi connectivity index (χ2v) is 7.04. The summed E-state index contributed by atoms with van der Waals surface area (Å²) in [6.07, 6.45) is 3.42. The van der Waals surface area contributed by atoms with E-state index in [0.29, 0.717) is 0 Å². The molecule has 0 aliphatic heterocycles. The lowest BCUT2D eigenvalue weighted by molar-refractivity contribution is 0.0588. The Hall–Kier alpha value is -1.90. The zero-order valence-electron chi connectivity index (χ0n) is 14.3. The average molecular weight is 393 g/mol. The van der Waals surface area contributed by atoms with E-state index in [0.717, 1.165) is 4.47 Å². The molecule has 0 fully saturated rings. The minimum Gasteiger partial charge on any atom is -0.444 e. The van der Waals surface area contributed by atoms with Gasteiger partial charge in [-0.05, 0) is 57.5 Å². The van der Waals surface area contributed by atoms with E-state index in [-0.39, 0.29) is 0 Å². The Morgan fingerprint density at radius 3 is 1.30 bits per heavy atom. The van der Waals surface area contributed by atoms with Gasteiger partial charge in [-0.25, -0.2) is 19.6 Å². The van der Waals surface area contributed by atoms with Crippen molar-refractivity contribution in [2.24, 2.45) is 11.5 Å². The molecule has 23 heavy (non-hydrogen) atoms. The number of hydrogen-bond donors (Lipinski definition) is 2. The number of carbonyl (C=O) groups excluding carboxylic acids is 2. The summed E-state index contributed by atoms with van der Waals surface area (Å²) in [6, 6.07) is 0. The maximum atomic E-state index is 10.0. The summed E-state index contributed by atoms with van der Waals surface area (Å²) >= 11 is 3.19. The summed E-state index contributed by atoms with van der Waals surface area (Å²) < 4.78 is 10.1. The maximum absolute atomic E-state index is 10.0. The molecule has 0 spiro atoms. The van der Waals surface area contributed by atoms with E-state index in [1.807, 2.05) is 0 Å². The predicted octanol–water partition coefficient (Wildman–Crippen LogP) is 3.00. The van der Waals surface area contributed by atoms with Crippen LogP contribution in [0, 0.1) is 0 Å². The molecule has 9 heteroatoms. The zero-order chi connectivity index (χ0) is 18.7. The van der Waals surface area contributed by atoms with Crippen molar-refractivity contribution in [3.8, 4) is 0 Å². The minimum absolute atomic E-state index is 0.453. The van der Waals surface area contributed by atoms with Crippen LogP contribution in [-0.2, 0) is 9.47 Å². The third-order valence-electron chi connectivity index (χ3n) is 1.34. The lowest BCUT2D eigenvalue weighted by Crippen LogP contribution is -2.27. The molecule has 0 bridgehead atoms. The number of nitrogens with zero attached hydrogens (tertiary/aromatic N) is 2. The zero-order valence-corrected chi connectivity index (χ0v) is 15.9. The molecule has 0 atom stereocenters. The van der Waals surface area contributed by atoms with Gasteiger partial charge < -0.3 is 20.9 Å². The van der Waals surface area contributed by atoms with Gasteiger partial charge in [0.2, 0.25) is 0 Å². The van der Waals surface area contributed by atoms with E-state index in [2.05, 4.69) is 35.4 Å². The van der Waals surface area contributed by atoms with E-state index < -0.39 is 23.4 Å². The van der Waals surface area contributed by atoms with Crippen LogP contribution in [0.25, 0.3) is 0 Å². The van der Waals surface area contributed by atoms with Crippen LogP contribution >= 0.6 is 15.9 Å². The number of primary amides is 2. The largest absolute Gasteiger partial charge is 0.444 e. The Morgan fingerprint density at radius 2 is 1.22 bits per heavy atom. The fraction of sp³-hybridized carbons (Fsp3) is 0.571. The van der Waals surface area contributed by atoms with E-state index >= 15 is 0 Å². The highest BCUT2D eigenvalue weighted by Crippen LogP contribution is 2.05. The Kier molecular flexibility index (Phi) is 10.9. The van der Waals surface area contributed by atoms with Gasteiger partial charge in [0.25, 0.3) is 0 Å². The Balaban J connectivity index is 0. The highest BCUT2D eigenvalue weighted by atomic mass is 79.9. The molecule has 1 aromatic rings. The van der Waals surface area contributed by atoms with Crippen LogP contribution in [0.4, 0.5) is 9.59 Å². The molecule has 0 saturated carbocycles. The van der Waals surface area contributed by atoms with Gasteiger partial charge in [-0.3, -0.25) is 0 Å². The molecule has 8 nitrogen and oxygen atoms in total. The van der Waals surface area contributed by atoms with Gasteiger partial charge in [-0.15, -0.1) is 0 Å². The van der Waals surface area contributed by atoms with Crippen LogP contribution in [0.2, 0.25) is 0 Å². The van der Waals surface area contributed by atoms with Gasteiger partial charge >= 0.3 is 12.2 Å². The fourth-order valence-electron chi connectivity index (χ4n) is 0.884. The van der Waals surface area contributed by atoms with Crippen molar-refractivity contribution in [3.63, 3.8) is 0 Å². The molecule has 0 radical (unpaired) electrons. The van der Waals surface area contributed by atoms with E-state index in [1.165, 1.54) is 6.33 Å². The molecular weight excluding hydrogens is 368 g/mol. The highest BCUT2D eigenvalue weighted by Gasteiger charge is 2.13. The van der Waals surface area contributed by atoms with Crippen molar-refractivity contribution >= 4 is 28.1 Å². The van der Waals surface area contributed by atoms with Gasteiger partial charge in [0.15, 0.2) is 0 Å². The molecule has 0 aromatic carbocycles. The first-order valence-corrected chi connectivity index (χ1v) is 7.39. The Morgan fingerprint density at radius 1 is 0.913 bits per heavy atom. The van der Waals surface area contributed by atoms with Crippen LogP contribution in [-0.4, -0.2) is 33.4 Å². The van der Waals surface area contributed by atoms with Gasteiger partial charge in [0.05, 0.1) is 4.47 Å². The van der Waals surface area contributed by atoms with Crippen LogP contribution in [0.15, 0.2) is 23.2 Å². The van der Waals surface area contributed by atoms with Crippen LogP contribution in [0.1, 0.15) is 41.5 Å². The lowest BCUT2D eigenvalue weighted by atomic mass is 10.2. The van der Waals surface area contributed by atoms with Crippen molar-refractivity contribution in [2.45, 2.75) is 52.7 Å². The molecule has 1 heterocycles. The van der Waals surface area contributed by atoms with E-state index in [9.17, 15) is 9.59 Å². The predicted molar refractivity (Wildman–Crippen MR) is 90.6 cm³/mol. The number of ether oxygens (including phenoxy) is 2. The van der Waals surface area contributed by atoms with Crippen LogP contribution < -0.4 is 11.5 Å². The summed E-state index contributed by atoms with van der Waals surface area (Å²) in [5.74, 6) is 0. The SMILES string of the molecule is Brc1cncnc1.CC(C)(C)OC(N)=O.CC(C)(C)OC(N)=O. The van der Waals surface area contributed by atoms with Crippen molar-refractivity contribution in [2.75, 3.05) is 0 Å². The quantitative estimate of drug-likeness (QED) is 0.697. The number of rotatable bonds is 0. The monoisotopic (exact) mass is 392 g/mol. The number of hydrogen-bond acceptors (Lipinski definition) is 6. The summed E-state index contributed by atoms with van der Waals surface area (Å²) in [7, 11) is 0. The van der Waals surface area contributed by atoms with Crippen molar-refractivity contribution in [3.05, 3.63) is 23.2 Å². The van der Waals surface area contributed by atoms with Crippen molar-refractivity contribution < 1.29 is 19.1 Å². The lowest BCUT2D eigenvalue weighted by Gasteiger charge is -2.16. The summed E-state index contributed by atoms with van der Waals surface area (Å²) in [4.78, 5) is 27.5. The minimum atomic E-state index is -0.725. The smallest absolute Gasteiger partial charge is 0.405 e. The normalized spacial score (nSPS) is 10.2. The van der Waals surface area contributed by atoms with Gasteiger partial charge in [-0.2, -0.15) is 0 Å². The third kappa shape index (κ3) is 25.4. The van der Waals surface area contributed by atoms with E-state index in [4.69, 9.17) is 11.5 Å². The summed E-state index contributed by atoms with van der Waals surface area (Å²) in [5, 5.41) is 0. The highest BCUT2D eigenvalue weighted by molar-refractivity contribution is 9.10. The molecule has 0 aliphatic rings. The first-order chi connectivity index (χ1) is 10.2. The van der Waals surface area contributed by atoms with Gasteiger partial charge in [-0.1, -0.05) is 0 Å². The van der Waals surface area contributed by atoms with Crippen molar-refractivity contribution in [1.29, 1.82) is 0 Å². The van der Waals surface area contributed by atoms with Gasteiger partial charge in [0, 0.05) is 12.4 Å². The topological polar surface area (TPSA) is 130 Å². The maximum Gasteiger partial charge on any atom is 0.405 e. The standard InChI is InChI=1S/2C5H11NO2.C4H3BrN2/c2*1-5(2,3)8-4(6)7;5-4-1-6-3-7-2-4/h2*1-3H3,(H2,6,7);1-3H. The number of halogens is 1. The summed E-state index contributed by atoms with van der Waals surface area (Å²) in [5.41, 5.74) is 8.53. The second-order valence-electron chi connectivity index (χ2n) is 6.12. The summed E-state index contributed by atoms with van der Waals surface area (Å²) in [6.45, 7) is 10.6. The van der Waals surface area contributed by atoms with Crippen LogP contribution in [0.5, 0.6) is 0 Å². The number of carbonyl (C=O) groups is 2. The van der Waals surface area contributed by atoms with Crippen molar-refractivity contribution in [1.82, 2.24) is 9.97 Å². The van der Waals surface area contributed by atoms with E-state index in [1.54, 1.807) is 53.9 Å². The number of nitrogens with two attached hydrogens (primary N) is 2. The molecular formula is C14H25BrN4O4. The first-order valence-electron chi connectivity index (χ1n) is 6.60. The third-order valence-corrected chi connectivity index (χ3v) is 1.75. The molecule has 0 saturated heterocycles. The molecule has 132 valence electrons. The van der Waals surface area contributed by atoms with Gasteiger partial charge in [0.1, 0.15) is 17.5 Å². The average Bonchev–Trinajstić information content (AvgIpc) is 2.24. The first kappa shape index (κ1) is 23.4. The fourth-order valence-corrected chi connectivity index (χ4v) is 1.12. The van der Waals surface area contributed by atoms with Crippen LogP contribution in [0.3, 0.4) is 0 Å². The molecule has 1 rings (SSSR count). The second kappa shape index (κ2) is 10.8. The Bertz CT molecular complexity index is 444. The molecule has 0 aliphatic carbocycles. The number of aromatic nitrogens is 2. The molecule has 0 unspecified atom stereocenters. The molecule has 2 amide bonds.